The largest absolute Gasteiger partial charge is 0.478 e. The van der Waals surface area contributed by atoms with Gasteiger partial charge in [-0.15, -0.1) is 0 Å². The molecule has 5 rings (SSSR count). The molecule has 0 saturated carbocycles. The van der Waals surface area contributed by atoms with E-state index in [1.165, 1.54) is 19.2 Å². The molecule has 1 aromatic heterocycles. The Morgan fingerprint density at radius 1 is 1.11 bits per heavy atom. The summed E-state index contributed by atoms with van der Waals surface area (Å²) < 4.78 is 34.4. The molecule has 37 heavy (non-hydrogen) atoms. The van der Waals surface area contributed by atoms with Crippen molar-refractivity contribution >= 4 is 23.1 Å². The van der Waals surface area contributed by atoms with E-state index in [2.05, 4.69) is 0 Å². The molecule has 0 saturated heterocycles. The van der Waals surface area contributed by atoms with Crippen molar-refractivity contribution in [3.05, 3.63) is 88.5 Å². The first-order valence-electron chi connectivity index (χ1n) is 11.9. The molecule has 0 radical (unpaired) electrons. The number of halogens is 2. The van der Waals surface area contributed by atoms with Crippen LogP contribution in [0.4, 0.5) is 13.6 Å². The highest BCUT2D eigenvalue weighted by Crippen LogP contribution is 2.34. The highest BCUT2D eigenvalue weighted by Gasteiger charge is 2.26. The fourth-order valence-corrected chi connectivity index (χ4v) is 4.90. The number of amides is 1. The summed E-state index contributed by atoms with van der Waals surface area (Å²) in [5.74, 6) is -2.53. The fraction of sp³-hybridized carbons (Fsp3) is 0.250. The van der Waals surface area contributed by atoms with Crippen LogP contribution in [0.15, 0.2) is 54.6 Å². The number of rotatable bonds is 5. The Morgan fingerprint density at radius 2 is 1.92 bits per heavy atom. The van der Waals surface area contributed by atoms with Gasteiger partial charge in [0.1, 0.15) is 5.82 Å². The number of carboxylic acid groups (broad SMARTS) is 1. The number of ether oxygens (including phenoxy) is 1. The molecule has 1 aliphatic heterocycles. The molecular weight excluding hydrogens is 480 g/mol. The van der Waals surface area contributed by atoms with Gasteiger partial charge >= 0.3 is 12.1 Å². The van der Waals surface area contributed by atoms with Gasteiger partial charge in [0.25, 0.3) is 0 Å². The van der Waals surface area contributed by atoms with Crippen LogP contribution >= 0.6 is 0 Å². The summed E-state index contributed by atoms with van der Waals surface area (Å²) in [7, 11) is 1.35. The highest BCUT2D eigenvalue weighted by molar-refractivity contribution is 5.90. The Morgan fingerprint density at radius 3 is 2.65 bits per heavy atom. The molecule has 0 unspecified atom stereocenters. The van der Waals surface area contributed by atoms with Crippen molar-refractivity contribution in [2.75, 3.05) is 13.7 Å². The molecule has 3 aromatic carbocycles. The number of fused-ring (bicyclic) bond motifs is 3. The van der Waals surface area contributed by atoms with Crippen molar-refractivity contribution in [1.29, 1.82) is 0 Å². The molecule has 9 heteroatoms. The number of carbonyl (C=O) groups is 2. The van der Waals surface area contributed by atoms with Gasteiger partial charge < -0.3 is 19.3 Å². The Hall–Kier alpha value is -4.27. The summed E-state index contributed by atoms with van der Waals surface area (Å²) in [6.07, 6.45) is 0.242. The summed E-state index contributed by atoms with van der Waals surface area (Å²) in [4.78, 5) is 30.4. The molecule has 0 fully saturated rings. The Labute approximate surface area is 211 Å². The number of methoxy groups -OCH3 is 1. The van der Waals surface area contributed by atoms with Crippen LogP contribution in [-0.4, -0.2) is 45.3 Å². The van der Waals surface area contributed by atoms with Gasteiger partial charge in [0.05, 0.1) is 30.3 Å². The van der Waals surface area contributed by atoms with E-state index in [4.69, 9.17) is 9.72 Å². The Balaban J connectivity index is 1.66. The zero-order valence-corrected chi connectivity index (χ0v) is 20.4. The average Bonchev–Trinajstić information content (AvgIpc) is 3.28. The van der Waals surface area contributed by atoms with Gasteiger partial charge in [-0.05, 0) is 53.8 Å². The van der Waals surface area contributed by atoms with Gasteiger partial charge in [0.2, 0.25) is 0 Å². The van der Waals surface area contributed by atoms with Crippen LogP contribution in [0.25, 0.3) is 22.4 Å². The van der Waals surface area contributed by atoms with Gasteiger partial charge in [0, 0.05) is 24.2 Å². The third-order valence-corrected chi connectivity index (χ3v) is 6.89. The maximum Gasteiger partial charge on any atom is 0.409 e. The van der Waals surface area contributed by atoms with E-state index < -0.39 is 23.7 Å². The maximum atomic E-state index is 14.0. The first-order valence-corrected chi connectivity index (χ1v) is 11.9. The van der Waals surface area contributed by atoms with E-state index in [1.54, 1.807) is 29.2 Å². The van der Waals surface area contributed by atoms with E-state index in [9.17, 15) is 23.5 Å². The van der Waals surface area contributed by atoms with Gasteiger partial charge in [-0.25, -0.2) is 23.4 Å². The Kier molecular flexibility index (Phi) is 6.37. The van der Waals surface area contributed by atoms with Crippen molar-refractivity contribution in [2.45, 2.75) is 32.4 Å². The molecule has 1 amide bonds. The second-order valence-electron chi connectivity index (χ2n) is 9.22. The topological polar surface area (TPSA) is 84.7 Å². The second kappa shape index (κ2) is 9.65. The molecule has 2 heterocycles. The number of carbonyl (C=O) groups excluding carboxylic acids is 1. The summed E-state index contributed by atoms with van der Waals surface area (Å²) in [5, 5.41) is 9.53. The van der Waals surface area contributed by atoms with Crippen LogP contribution in [0.2, 0.25) is 0 Å². The van der Waals surface area contributed by atoms with Gasteiger partial charge in [0.15, 0.2) is 11.6 Å². The zero-order valence-electron chi connectivity index (χ0n) is 20.4. The first kappa shape index (κ1) is 24.4. The summed E-state index contributed by atoms with van der Waals surface area (Å²) in [5.41, 5.74) is 4.86. The average molecular weight is 506 g/mol. The lowest BCUT2D eigenvalue weighted by atomic mass is 9.98. The SMILES string of the molecule is COC(=O)N1CCc2ccc3c(nc(-c4cccc(C(=O)O)c4)n3C[C@H](C)c3ccc(F)c(F)c3)c2C1. The minimum absolute atomic E-state index is 0.128. The monoisotopic (exact) mass is 505 g/mol. The van der Waals surface area contributed by atoms with Gasteiger partial charge in [-0.3, -0.25) is 0 Å². The number of aromatic carboxylic acids is 1. The number of imidazole rings is 1. The normalized spacial score (nSPS) is 13.9. The molecule has 0 aliphatic carbocycles. The van der Waals surface area contributed by atoms with Crippen molar-refractivity contribution in [2.24, 2.45) is 0 Å². The van der Waals surface area contributed by atoms with Crippen LogP contribution in [0, 0.1) is 11.6 Å². The summed E-state index contributed by atoms with van der Waals surface area (Å²) in [6.45, 7) is 3.16. The second-order valence-corrected chi connectivity index (χ2v) is 9.22. The standard InChI is InChI=1S/C28H25F2N3O4/c1-16(18-6-8-22(29)23(30)13-18)14-33-24-9-7-17-10-11-32(28(36)37-2)15-21(17)25(24)31-26(33)19-4-3-5-20(12-19)27(34)35/h3-9,12-13,16H,10-11,14-15H2,1-2H3,(H,34,35)/t16-/m0/s1. The number of carboxylic acids is 1. The van der Waals surface area contributed by atoms with Crippen LogP contribution < -0.4 is 0 Å². The van der Waals surface area contributed by atoms with Crippen LogP contribution in [-0.2, 0) is 24.2 Å². The van der Waals surface area contributed by atoms with E-state index in [0.717, 1.165) is 22.7 Å². The number of benzene rings is 3. The molecule has 7 nitrogen and oxygen atoms in total. The number of nitrogens with zero attached hydrogens (tertiary/aromatic N) is 3. The smallest absolute Gasteiger partial charge is 0.409 e. The van der Waals surface area contributed by atoms with E-state index >= 15 is 0 Å². The van der Waals surface area contributed by atoms with Crippen LogP contribution in [0.5, 0.6) is 0 Å². The minimum atomic E-state index is -1.05. The molecule has 0 bridgehead atoms. The lowest BCUT2D eigenvalue weighted by molar-refractivity contribution is 0.0696. The summed E-state index contributed by atoms with van der Waals surface area (Å²) in [6, 6.07) is 14.4. The van der Waals surface area contributed by atoms with Crippen molar-refractivity contribution in [3.8, 4) is 11.4 Å². The molecule has 1 aliphatic rings. The molecule has 4 aromatic rings. The third-order valence-electron chi connectivity index (χ3n) is 6.89. The molecule has 0 spiro atoms. The predicted octanol–water partition coefficient (Wildman–Crippen LogP) is 5.61. The third kappa shape index (κ3) is 4.52. The Bertz CT molecular complexity index is 1530. The summed E-state index contributed by atoms with van der Waals surface area (Å²) >= 11 is 0. The van der Waals surface area contributed by atoms with Gasteiger partial charge in [-0.1, -0.05) is 31.2 Å². The van der Waals surface area contributed by atoms with Crippen LogP contribution in [0.1, 0.15) is 39.9 Å². The predicted molar refractivity (Wildman–Crippen MR) is 133 cm³/mol. The number of hydrogen-bond donors (Lipinski definition) is 1. The van der Waals surface area contributed by atoms with Crippen LogP contribution in [0.3, 0.4) is 0 Å². The zero-order chi connectivity index (χ0) is 26.3. The van der Waals surface area contributed by atoms with E-state index in [1.807, 2.05) is 23.6 Å². The molecule has 1 atom stereocenters. The number of aromatic nitrogens is 2. The van der Waals surface area contributed by atoms with Gasteiger partial charge in [-0.2, -0.15) is 0 Å². The van der Waals surface area contributed by atoms with Crippen molar-refractivity contribution < 1.29 is 28.2 Å². The lowest BCUT2D eigenvalue weighted by Crippen LogP contribution is -2.35. The highest BCUT2D eigenvalue weighted by atomic mass is 19.2. The molecular formula is C28H25F2N3O4. The number of hydrogen-bond acceptors (Lipinski definition) is 4. The van der Waals surface area contributed by atoms with Crippen molar-refractivity contribution in [1.82, 2.24) is 14.5 Å². The maximum absolute atomic E-state index is 14.0. The quantitative estimate of drug-likeness (QED) is 0.381. The van der Waals surface area contributed by atoms with E-state index in [-0.39, 0.29) is 11.5 Å². The fourth-order valence-electron chi connectivity index (χ4n) is 4.90. The molecule has 1 N–H and O–H groups in total. The van der Waals surface area contributed by atoms with Crippen molar-refractivity contribution in [3.63, 3.8) is 0 Å². The first-order chi connectivity index (χ1) is 17.8. The van der Waals surface area contributed by atoms with E-state index in [0.29, 0.717) is 48.5 Å². The minimum Gasteiger partial charge on any atom is -0.478 e. The lowest BCUT2D eigenvalue weighted by Gasteiger charge is -2.27. The molecule has 190 valence electrons.